The van der Waals surface area contributed by atoms with Gasteiger partial charge in [-0.15, -0.1) is 0 Å². The van der Waals surface area contributed by atoms with Crippen LogP contribution in [0.4, 0.5) is 4.39 Å². The first-order valence-electron chi connectivity index (χ1n) is 7.45. The second-order valence-electron chi connectivity index (χ2n) is 5.86. The average molecular weight is 284 g/mol. The molecule has 1 aliphatic heterocycles. The lowest BCUT2D eigenvalue weighted by molar-refractivity contribution is -0.135. The van der Waals surface area contributed by atoms with Crippen molar-refractivity contribution in [2.45, 2.75) is 25.4 Å². The van der Waals surface area contributed by atoms with Crippen LogP contribution in [0, 0.1) is 11.7 Å². The molecule has 0 saturated heterocycles. The van der Waals surface area contributed by atoms with Gasteiger partial charge in [0.1, 0.15) is 11.9 Å². The fourth-order valence-electron chi connectivity index (χ4n) is 3.21. The standard InChI is InChI=1S/C17H17FN2O/c18-14-5-2-1-4-13(14)16-15-6-3-9-19(15)10-11-20(16)17(21)12-7-8-12/h1-6,9,12,16H,7-8,10-11H2/t16-/m0/s1. The van der Waals surface area contributed by atoms with Crippen molar-refractivity contribution >= 4 is 5.91 Å². The summed E-state index contributed by atoms with van der Waals surface area (Å²) in [6, 6.07) is 10.4. The first kappa shape index (κ1) is 12.6. The van der Waals surface area contributed by atoms with Gasteiger partial charge in [0, 0.05) is 36.5 Å². The van der Waals surface area contributed by atoms with Crippen LogP contribution >= 0.6 is 0 Å². The van der Waals surface area contributed by atoms with Crippen molar-refractivity contribution in [2.24, 2.45) is 5.92 Å². The Balaban J connectivity index is 1.81. The van der Waals surface area contributed by atoms with Gasteiger partial charge in [-0.2, -0.15) is 0 Å². The van der Waals surface area contributed by atoms with Crippen LogP contribution in [0.1, 0.15) is 30.1 Å². The predicted molar refractivity (Wildman–Crippen MR) is 77.1 cm³/mol. The Kier molecular flexibility index (Phi) is 2.84. The van der Waals surface area contributed by atoms with E-state index in [1.54, 1.807) is 12.1 Å². The van der Waals surface area contributed by atoms with Crippen LogP contribution in [0.25, 0.3) is 0 Å². The molecule has 0 spiro atoms. The highest BCUT2D eigenvalue weighted by Gasteiger charge is 2.40. The van der Waals surface area contributed by atoms with Crippen LogP contribution in [0.5, 0.6) is 0 Å². The highest BCUT2D eigenvalue weighted by atomic mass is 19.1. The molecule has 0 bridgehead atoms. The molecule has 108 valence electrons. The number of fused-ring (bicyclic) bond motifs is 1. The molecule has 21 heavy (non-hydrogen) atoms. The third-order valence-electron chi connectivity index (χ3n) is 4.45. The van der Waals surface area contributed by atoms with E-state index in [1.807, 2.05) is 29.3 Å². The summed E-state index contributed by atoms with van der Waals surface area (Å²) in [5.74, 6) is 0.0854. The summed E-state index contributed by atoms with van der Waals surface area (Å²) in [4.78, 5) is 14.4. The Morgan fingerprint density at radius 3 is 2.67 bits per heavy atom. The second kappa shape index (κ2) is 4.72. The maximum Gasteiger partial charge on any atom is 0.226 e. The van der Waals surface area contributed by atoms with Crippen LogP contribution in [-0.4, -0.2) is 21.9 Å². The number of amides is 1. The predicted octanol–water partition coefficient (Wildman–Crippen LogP) is 2.97. The topological polar surface area (TPSA) is 25.2 Å². The fourth-order valence-corrected chi connectivity index (χ4v) is 3.21. The zero-order valence-electron chi connectivity index (χ0n) is 11.7. The van der Waals surface area contributed by atoms with Crippen molar-refractivity contribution in [2.75, 3.05) is 6.54 Å². The molecule has 2 aliphatic rings. The van der Waals surface area contributed by atoms with E-state index >= 15 is 0 Å². The smallest absolute Gasteiger partial charge is 0.226 e. The van der Waals surface area contributed by atoms with Gasteiger partial charge in [0.05, 0.1) is 0 Å². The Morgan fingerprint density at radius 1 is 1.10 bits per heavy atom. The number of rotatable bonds is 2. The van der Waals surface area contributed by atoms with Gasteiger partial charge in [0.25, 0.3) is 0 Å². The Bertz CT molecular complexity index is 690. The quantitative estimate of drug-likeness (QED) is 0.832. The number of hydrogen-bond donors (Lipinski definition) is 0. The lowest BCUT2D eigenvalue weighted by Crippen LogP contribution is -2.43. The van der Waals surface area contributed by atoms with E-state index in [4.69, 9.17) is 0 Å². The number of hydrogen-bond acceptors (Lipinski definition) is 1. The summed E-state index contributed by atoms with van der Waals surface area (Å²) in [5, 5.41) is 0. The van der Waals surface area contributed by atoms with E-state index in [0.29, 0.717) is 12.1 Å². The molecule has 1 amide bonds. The largest absolute Gasteiger partial charge is 0.348 e. The molecule has 2 heterocycles. The normalized spacial score (nSPS) is 21.2. The Hall–Kier alpha value is -2.10. The van der Waals surface area contributed by atoms with Gasteiger partial charge in [-0.25, -0.2) is 4.39 Å². The molecule has 1 aromatic heterocycles. The molecule has 0 N–H and O–H groups in total. The Labute approximate surface area is 123 Å². The van der Waals surface area contributed by atoms with E-state index in [-0.39, 0.29) is 23.7 Å². The van der Waals surface area contributed by atoms with Crippen molar-refractivity contribution in [3.8, 4) is 0 Å². The molecule has 1 fully saturated rings. The second-order valence-corrected chi connectivity index (χ2v) is 5.86. The van der Waals surface area contributed by atoms with Crippen molar-refractivity contribution in [1.82, 2.24) is 9.47 Å². The van der Waals surface area contributed by atoms with Crippen molar-refractivity contribution in [1.29, 1.82) is 0 Å². The van der Waals surface area contributed by atoms with Gasteiger partial charge in [-0.05, 0) is 31.0 Å². The van der Waals surface area contributed by atoms with Crippen molar-refractivity contribution < 1.29 is 9.18 Å². The van der Waals surface area contributed by atoms with E-state index in [9.17, 15) is 9.18 Å². The van der Waals surface area contributed by atoms with Gasteiger partial charge in [-0.3, -0.25) is 4.79 Å². The lowest BCUT2D eigenvalue weighted by Gasteiger charge is -2.37. The van der Waals surface area contributed by atoms with Crippen LogP contribution < -0.4 is 0 Å². The average Bonchev–Trinajstić information content (AvgIpc) is 3.24. The maximum absolute atomic E-state index is 14.3. The molecular weight excluding hydrogens is 267 g/mol. The third kappa shape index (κ3) is 2.06. The summed E-state index contributed by atoms with van der Waals surface area (Å²) >= 11 is 0. The van der Waals surface area contributed by atoms with Crippen LogP contribution in [0.3, 0.4) is 0 Å². The zero-order valence-corrected chi connectivity index (χ0v) is 11.7. The highest BCUT2D eigenvalue weighted by molar-refractivity contribution is 5.82. The number of nitrogens with zero attached hydrogens (tertiary/aromatic N) is 2. The van der Waals surface area contributed by atoms with Crippen LogP contribution in [0.15, 0.2) is 42.6 Å². The summed E-state index contributed by atoms with van der Waals surface area (Å²) < 4.78 is 16.4. The molecule has 1 aromatic carbocycles. The maximum atomic E-state index is 14.3. The number of halogens is 1. The van der Waals surface area contributed by atoms with Gasteiger partial charge in [0.2, 0.25) is 5.91 Å². The molecule has 4 heteroatoms. The van der Waals surface area contributed by atoms with Crippen molar-refractivity contribution in [3.63, 3.8) is 0 Å². The van der Waals surface area contributed by atoms with Gasteiger partial charge < -0.3 is 9.47 Å². The minimum atomic E-state index is -0.303. The number of carbonyl (C=O) groups excluding carboxylic acids is 1. The lowest BCUT2D eigenvalue weighted by atomic mass is 9.99. The highest BCUT2D eigenvalue weighted by Crippen LogP contribution is 2.39. The van der Waals surface area contributed by atoms with E-state index in [0.717, 1.165) is 25.1 Å². The minimum absolute atomic E-state index is 0.154. The third-order valence-corrected chi connectivity index (χ3v) is 4.45. The molecule has 0 radical (unpaired) electrons. The van der Waals surface area contributed by atoms with E-state index < -0.39 is 0 Å². The summed E-state index contributed by atoms with van der Waals surface area (Å²) in [5.41, 5.74) is 1.59. The minimum Gasteiger partial charge on any atom is -0.348 e. The van der Waals surface area contributed by atoms with Crippen LogP contribution in [-0.2, 0) is 11.3 Å². The monoisotopic (exact) mass is 284 g/mol. The molecule has 1 saturated carbocycles. The summed E-state index contributed by atoms with van der Waals surface area (Å²) in [6.07, 6.45) is 3.95. The summed E-state index contributed by atoms with van der Waals surface area (Å²) in [7, 11) is 0. The molecule has 0 unspecified atom stereocenters. The Morgan fingerprint density at radius 2 is 1.90 bits per heavy atom. The number of aromatic nitrogens is 1. The number of carbonyl (C=O) groups is 1. The molecule has 2 aromatic rings. The molecule has 4 rings (SSSR count). The fraction of sp³-hybridized carbons (Fsp3) is 0.353. The first-order chi connectivity index (χ1) is 10.3. The van der Waals surface area contributed by atoms with Crippen LogP contribution in [0.2, 0.25) is 0 Å². The van der Waals surface area contributed by atoms with E-state index in [1.165, 1.54) is 6.07 Å². The molecule has 3 nitrogen and oxygen atoms in total. The van der Waals surface area contributed by atoms with Gasteiger partial charge >= 0.3 is 0 Å². The van der Waals surface area contributed by atoms with Gasteiger partial charge in [0.15, 0.2) is 0 Å². The SMILES string of the molecule is O=C(C1CC1)N1CCn2cccc2[C@@H]1c1ccccc1F. The molecular formula is C17H17FN2O. The zero-order chi connectivity index (χ0) is 14.4. The molecule has 1 aliphatic carbocycles. The van der Waals surface area contributed by atoms with E-state index in [2.05, 4.69) is 4.57 Å². The molecule has 1 atom stereocenters. The van der Waals surface area contributed by atoms with Crippen molar-refractivity contribution in [3.05, 3.63) is 59.7 Å². The number of benzene rings is 1. The first-order valence-corrected chi connectivity index (χ1v) is 7.45. The van der Waals surface area contributed by atoms with Gasteiger partial charge in [-0.1, -0.05) is 18.2 Å². The summed E-state index contributed by atoms with van der Waals surface area (Å²) in [6.45, 7) is 1.43.